The van der Waals surface area contributed by atoms with Crippen LogP contribution in [0.2, 0.25) is 0 Å². The fraction of sp³-hybridized carbons (Fsp3) is 0.900. The van der Waals surface area contributed by atoms with Crippen molar-refractivity contribution < 1.29 is 9.90 Å². The van der Waals surface area contributed by atoms with Crippen LogP contribution in [0.25, 0.3) is 0 Å². The van der Waals surface area contributed by atoms with Crippen LogP contribution in [-0.4, -0.2) is 36.1 Å². The minimum Gasteiger partial charge on any atom is -0.481 e. The molecule has 0 atom stereocenters. The molecule has 0 aliphatic rings. The number of carbonyl (C=O) groups is 1. The predicted octanol–water partition coefficient (Wildman–Crippen LogP) is 1.83. The Morgan fingerprint density at radius 1 is 1.46 bits per heavy atom. The first-order valence-corrected chi connectivity index (χ1v) is 4.82. The number of rotatable bonds is 6. The molecule has 3 heteroatoms. The van der Waals surface area contributed by atoms with Crippen LogP contribution in [0.3, 0.4) is 0 Å². The van der Waals surface area contributed by atoms with E-state index in [4.69, 9.17) is 5.11 Å². The maximum Gasteiger partial charge on any atom is 0.309 e. The van der Waals surface area contributed by atoms with Gasteiger partial charge in [0.2, 0.25) is 0 Å². The summed E-state index contributed by atoms with van der Waals surface area (Å²) in [6.45, 7) is 7.66. The van der Waals surface area contributed by atoms with Gasteiger partial charge in [-0.25, -0.2) is 0 Å². The van der Waals surface area contributed by atoms with E-state index < -0.39 is 11.4 Å². The monoisotopic (exact) mass is 187 g/mol. The molecule has 0 aromatic heterocycles. The molecule has 0 aromatic rings. The van der Waals surface area contributed by atoms with Crippen molar-refractivity contribution in [2.75, 3.05) is 20.1 Å². The molecule has 0 aliphatic heterocycles. The molecule has 13 heavy (non-hydrogen) atoms. The number of carboxylic acid groups (broad SMARTS) is 1. The molecule has 0 amide bonds. The fourth-order valence-corrected chi connectivity index (χ4v) is 1.06. The lowest BCUT2D eigenvalue weighted by Crippen LogP contribution is -2.26. The van der Waals surface area contributed by atoms with Crippen LogP contribution in [0, 0.1) is 5.41 Å². The summed E-state index contributed by atoms with van der Waals surface area (Å²) in [6, 6.07) is 0. The van der Waals surface area contributed by atoms with Crippen molar-refractivity contribution in [3.05, 3.63) is 0 Å². The van der Waals surface area contributed by atoms with Crippen LogP contribution in [0.1, 0.15) is 33.6 Å². The molecule has 0 saturated heterocycles. The zero-order valence-corrected chi connectivity index (χ0v) is 9.13. The van der Waals surface area contributed by atoms with E-state index in [9.17, 15) is 4.79 Å². The van der Waals surface area contributed by atoms with Gasteiger partial charge in [0.25, 0.3) is 0 Å². The highest BCUT2D eigenvalue weighted by Crippen LogP contribution is 2.22. The molecule has 0 aromatic carbocycles. The van der Waals surface area contributed by atoms with Crippen molar-refractivity contribution in [1.82, 2.24) is 4.90 Å². The maximum absolute atomic E-state index is 10.8. The quantitative estimate of drug-likeness (QED) is 0.689. The van der Waals surface area contributed by atoms with Crippen LogP contribution in [0.4, 0.5) is 0 Å². The van der Waals surface area contributed by atoms with Crippen molar-refractivity contribution in [2.45, 2.75) is 33.6 Å². The van der Waals surface area contributed by atoms with Crippen LogP contribution in [0.5, 0.6) is 0 Å². The van der Waals surface area contributed by atoms with Gasteiger partial charge in [0.15, 0.2) is 0 Å². The first-order chi connectivity index (χ1) is 5.90. The molecule has 1 N–H and O–H groups in total. The van der Waals surface area contributed by atoms with Gasteiger partial charge in [0, 0.05) is 0 Å². The van der Waals surface area contributed by atoms with Crippen molar-refractivity contribution in [1.29, 1.82) is 0 Å². The normalized spacial score (nSPS) is 12.1. The van der Waals surface area contributed by atoms with Gasteiger partial charge in [0.1, 0.15) is 0 Å². The summed E-state index contributed by atoms with van der Waals surface area (Å²) in [7, 11) is 2.05. The van der Waals surface area contributed by atoms with E-state index in [1.807, 2.05) is 7.05 Å². The van der Waals surface area contributed by atoms with Crippen LogP contribution < -0.4 is 0 Å². The third-order valence-electron chi connectivity index (χ3n) is 2.46. The van der Waals surface area contributed by atoms with E-state index >= 15 is 0 Å². The summed E-state index contributed by atoms with van der Waals surface area (Å²) in [4.78, 5) is 12.9. The lowest BCUT2D eigenvalue weighted by molar-refractivity contribution is -0.147. The second-order valence-corrected chi connectivity index (χ2v) is 4.19. The van der Waals surface area contributed by atoms with E-state index in [2.05, 4.69) is 11.8 Å². The molecule has 0 spiro atoms. The van der Waals surface area contributed by atoms with Crippen LogP contribution in [-0.2, 0) is 4.79 Å². The molecule has 0 fully saturated rings. The standard InChI is InChI=1S/C10H21NO2/c1-5-11(4)8-6-7-10(2,3)9(12)13/h5-8H2,1-4H3,(H,12,13). The van der Waals surface area contributed by atoms with E-state index in [-0.39, 0.29) is 0 Å². The van der Waals surface area contributed by atoms with Gasteiger partial charge >= 0.3 is 5.97 Å². The minimum atomic E-state index is -0.702. The summed E-state index contributed by atoms with van der Waals surface area (Å²) in [5, 5.41) is 8.85. The number of nitrogens with zero attached hydrogens (tertiary/aromatic N) is 1. The number of hydrogen-bond acceptors (Lipinski definition) is 2. The SMILES string of the molecule is CCN(C)CCCC(C)(C)C(=O)O. The Morgan fingerprint density at radius 2 is 2.00 bits per heavy atom. The minimum absolute atomic E-state index is 0.575. The molecular formula is C10H21NO2. The van der Waals surface area contributed by atoms with E-state index in [0.29, 0.717) is 0 Å². The zero-order chi connectivity index (χ0) is 10.5. The number of aliphatic carboxylic acids is 1. The summed E-state index contributed by atoms with van der Waals surface area (Å²) < 4.78 is 0. The summed E-state index contributed by atoms with van der Waals surface area (Å²) >= 11 is 0. The Kier molecular flexibility index (Phi) is 4.99. The summed E-state index contributed by atoms with van der Waals surface area (Å²) in [5.74, 6) is -0.702. The van der Waals surface area contributed by atoms with Gasteiger partial charge in [-0.3, -0.25) is 4.79 Å². The zero-order valence-electron chi connectivity index (χ0n) is 9.13. The lowest BCUT2D eigenvalue weighted by atomic mass is 9.88. The molecule has 0 bridgehead atoms. The smallest absolute Gasteiger partial charge is 0.309 e. The third-order valence-corrected chi connectivity index (χ3v) is 2.46. The van der Waals surface area contributed by atoms with Gasteiger partial charge in [-0.15, -0.1) is 0 Å². The first-order valence-electron chi connectivity index (χ1n) is 4.82. The average Bonchev–Trinajstić information content (AvgIpc) is 2.03. The molecule has 0 unspecified atom stereocenters. The lowest BCUT2D eigenvalue weighted by Gasteiger charge is -2.20. The molecule has 3 nitrogen and oxygen atoms in total. The Balaban J connectivity index is 3.70. The average molecular weight is 187 g/mol. The fourth-order valence-electron chi connectivity index (χ4n) is 1.06. The molecule has 78 valence electrons. The number of carboxylic acids is 1. The topological polar surface area (TPSA) is 40.5 Å². The second kappa shape index (κ2) is 5.22. The van der Waals surface area contributed by atoms with E-state index in [0.717, 1.165) is 25.9 Å². The van der Waals surface area contributed by atoms with Crippen molar-refractivity contribution in [3.63, 3.8) is 0 Å². The highest BCUT2D eigenvalue weighted by Gasteiger charge is 2.26. The van der Waals surface area contributed by atoms with Gasteiger partial charge < -0.3 is 10.0 Å². The predicted molar refractivity (Wildman–Crippen MR) is 53.8 cm³/mol. The molecular weight excluding hydrogens is 166 g/mol. The molecule has 0 rings (SSSR count). The van der Waals surface area contributed by atoms with E-state index in [1.165, 1.54) is 0 Å². The highest BCUT2D eigenvalue weighted by atomic mass is 16.4. The van der Waals surface area contributed by atoms with Crippen molar-refractivity contribution >= 4 is 5.97 Å². The number of hydrogen-bond donors (Lipinski definition) is 1. The Bertz CT molecular complexity index is 166. The first kappa shape index (κ1) is 12.4. The van der Waals surface area contributed by atoms with Gasteiger partial charge in [-0.05, 0) is 46.8 Å². The summed E-state index contributed by atoms with van der Waals surface area (Å²) in [6.07, 6.45) is 1.69. The third kappa shape index (κ3) is 4.88. The molecule has 0 radical (unpaired) electrons. The van der Waals surface area contributed by atoms with Crippen molar-refractivity contribution in [3.8, 4) is 0 Å². The van der Waals surface area contributed by atoms with Crippen molar-refractivity contribution in [2.24, 2.45) is 5.41 Å². The maximum atomic E-state index is 10.8. The summed E-state index contributed by atoms with van der Waals surface area (Å²) in [5.41, 5.74) is -0.575. The molecule has 0 aliphatic carbocycles. The largest absolute Gasteiger partial charge is 0.481 e. The second-order valence-electron chi connectivity index (χ2n) is 4.19. The Morgan fingerprint density at radius 3 is 2.38 bits per heavy atom. The Labute approximate surface area is 80.7 Å². The Hall–Kier alpha value is -0.570. The van der Waals surface area contributed by atoms with Gasteiger partial charge in [-0.2, -0.15) is 0 Å². The molecule has 0 heterocycles. The van der Waals surface area contributed by atoms with E-state index in [1.54, 1.807) is 13.8 Å². The highest BCUT2D eigenvalue weighted by molar-refractivity contribution is 5.73. The van der Waals surface area contributed by atoms with Gasteiger partial charge in [-0.1, -0.05) is 6.92 Å². The van der Waals surface area contributed by atoms with Crippen LogP contribution in [0.15, 0.2) is 0 Å². The van der Waals surface area contributed by atoms with Gasteiger partial charge in [0.05, 0.1) is 5.41 Å². The molecule has 0 saturated carbocycles. The van der Waals surface area contributed by atoms with Crippen LogP contribution >= 0.6 is 0 Å².